The number of hydrogen-bond acceptors (Lipinski definition) is 1. The van der Waals surface area contributed by atoms with Gasteiger partial charge >= 0.3 is 0 Å². The number of aromatic nitrogens is 3. The number of fused-ring (bicyclic) bond motifs is 3. The quantitative estimate of drug-likeness (QED) is 0.282. The van der Waals surface area contributed by atoms with Gasteiger partial charge in [-0.2, -0.15) is 4.40 Å². The van der Waals surface area contributed by atoms with Gasteiger partial charge in [0.05, 0.1) is 10.9 Å². The molecule has 2 aromatic carbocycles. The zero-order chi connectivity index (χ0) is 22.3. The molecule has 2 aromatic heterocycles. The predicted octanol–water partition coefficient (Wildman–Crippen LogP) is 6.34. The van der Waals surface area contributed by atoms with Gasteiger partial charge in [-0.1, -0.05) is 60.3 Å². The Morgan fingerprint density at radius 3 is 2.48 bits per heavy atom. The van der Waals surface area contributed by atoms with Gasteiger partial charge in [0, 0.05) is 16.9 Å². The molecule has 2 atom stereocenters. The molecule has 0 amide bonds. The molecule has 0 saturated heterocycles. The molecule has 160 valence electrons. The normalized spacial score (nSPS) is 23.3. The second kappa shape index (κ2) is 6.15. The molecule has 0 bridgehead atoms. The van der Waals surface area contributed by atoms with Gasteiger partial charge < -0.3 is 0 Å². The van der Waals surface area contributed by atoms with E-state index in [0.29, 0.717) is 0 Å². The second-order valence-electron chi connectivity index (χ2n) is 10.2. The molecule has 0 spiro atoms. The Labute approximate surface area is 183 Å². The maximum atomic E-state index is 15.0. The first-order valence-corrected chi connectivity index (χ1v) is 11.3. The van der Waals surface area contributed by atoms with E-state index in [4.69, 9.17) is 4.98 Å². The Morgan fingerprint density at radius 2 is 1.87 bits per heavy atom. The summed E-state index contributed by atoms with van der Waals surface area (Å²) >= 11 is 0. The van der Waals surface area contributed by atoms with E-state index >= 15 is 0 Å². The van der Waals surface area contributed by atoms with Crippen molar-refractivity contribution in [2.24, 2.45) is 0 Å². The summed E-state index contributed by atoms with van der Waals surface area (Å²) in [5, 5.41) is 1.06. The molecule has 0 saturated carbocycles. The Kier molecular flexibility index (Phi) is 4.00. The Balaban J connectivity index is 2.23. The number of nitrogens with zero attached hydrogens (tertiary/aromatic N) is 3. The van der Waals surface area contributed by atoms with E-state index in [0.717, 1.165) is 46.3 Å². The van der Waals surface area contributed by atoms with Gasteiger partial charge in [0.1, 0.15) is 11.4 Å². The molecule has 4 aromatic rings. The molecule has 4 heteroatoms. The largest absolute Gasteiger partial charge is 0.299 e. The summed E-state index contributed by atoms with van der Waals surface area (Å²) in [5.41, 5.74) is 4.24. The first-order valence-electron chi connectivity index (χ1n) is 11.3. The van der Waals surface area contributed by atoms with Crippen LogP contribution < -0.4 is 4.57 Å². The highest BCUT2D eigenvalue weighted by Gasteiger charge is 2.56. The molecule has 1 aliphatic rings. The smallest absolute Gasteiger partial charge is 0.212 e. The van der Waals surface area contributed by atoms with Crippen LogP contribution in [0.3, 0.4) is 0 Å². The van der Waals surface area contributed by atoms with Crippen molar-refractivity contribution in [1.82, 2.24) is 9.38 Å². The molecular weight excluding hydrogens is 385 g/mol. The Hall–Kier alpha value is -2.75. The highest BCUT2D eigenvalue weighted by Crippen LogP contribution is 2.51. The monoisotopic (exact) mass is 416 g/mol. The van der Waals surface area contributed by atoms with Crippen LogP contribution >= 0.6 is 0 Å². The second-order valence-corrected chi connectivity index (χ2v) is 10.2. The molecule has 31 heavy (non-hydrogen) atoms. The SMILES string of the molecule is C=CC1(CC)[n+]2c3ccccc3n3c(C(C)(C)C)nc4cc(F)cc(c4c32)C1(C)CC. The molecule has 1 aliphatic heterocycles. The zero-order valence-corrected chi connectivity index (χ0v) is 19.4. The van der Waals surface area contributed by atoms with Crippen molar-refractivity contribution in [3.05, 3.63) is 66.3 Å². The summed E-state index contributed by atoms with van der Waals surface area (Å²) in [6.45, 7) is 17.5. The molecule has 2 unspecified atom stereocenters. The highest BCUT2D eigenvalue weighted by molar-refractivity contribution is 5.98. The van der Waals surface area contributed by atoms with Crippen LogP contribution in [-0.2, 0) is 16.4 Å². The van der Waals surface area contributed by atoms with Crippen LogP contribution in [0.2, 0.25) is 0 Å². The zero-order valence-electron chi connectivity index (χ0n) is 19.4. The lowest BCUT2D eigenvalue weighted by Gasteiger charge is -2.47. The number of para-hydroxylation sites is 2. The number of imidazole rings is 1. The van der Waals surface area contributed by atoms with Crippen LogP contribution in [0.25, 0.3) is 27.6 Å². The highest BCUT2D eigenvalue weighted by atomic mass is 19.1. The lowest BCUT2D eigenvalue weighted by Crippen LogP contribution is -2.67. The summed E-state index contributed by atoms with van der Waals surface area (Å²) in [5.74, 6) is 0.716. The minimum Gasteiger partial charge on any atom is -0.212 e. The number of benzene rings is 2. The van der Waals surface area contributed by atoms with Crippen LogP contribution in [0.5, 0.6) is 0 Å². The summed E-state index contributed by atoms with van der Waals surface area (Å²) in [6, 6.07) is 11.9. The minimum absolute atomic E-state index is 0.213. The van der Waals surface area contributed by atoms with Gasteiger partial charge in [0.15, 0.2) is 11.0 Å². The molecule has 0 aliphatic carbocycles. The lowest BCUT2D eigenvalue weighted by molar-refractivity contribution is -0.719. The van der Waals surface area contributed by atoms with E-state index in [-0.39, 0.29) is 22.2 Å². The van der Waals surface area contributed by atoms with Crippen LogP contribution in [0.15, 0.2) is 49.1 Å². The molecule has 5 rings (SSSR count). The minimum atomic E-state index is -0.389. The molecular formula is C27H31FN3+. The van der Waals surface area contributed by atoms with E-state index in [1.165, 1.54) is 5.52 Å². The number of halogens is 1. The van der Waals surface area contributed by atoms with Crippen molar-refractivity contribution in [2.75, 3.05) is 0 Å². The topological polar surface area (TPSA) is 21.2 Å². The van der Waals surface area contributed by atoms with E-state index in [1.807, 2.05) is 0 Å². The predicted molar refractivity (Wildman–Crippen MR) is 125 cm³/mol. The number of allylic oxidation sites excluding steroid dienone is 1. The fraction of sp³-hybridized carbons (Fsp3) is 0.407. The standard InChI is InChI=1S/C27H31FN3/c1-8-26(7)18-15-17(28)16-19-22(18)23-30(24(29-19)25(4,5)6)20-13-11-12-14-21(20)31(23)27(26,9-2)10-3/h9,11-16H,2,8,10H2,1,3-7H3/q+1. The first-order chi connectivity index (χ1) is 14.6. The van der Waals surface area contributed by atoms with Crippen LogP contribution in [0.1, 0.15) is 65.8 Å². The van der Waals surface area contributed by atoms with E-state index in [2.05, 4.69) is 87.4 Å². The maximum Gasteiger partial charge on any atom is 0.299 e. The molecule has 0 fully saturated rings. The van der Waals surface area contributed by atoms with Crippen molar-refractivity contribution in [3.63, 3.8) is 0 Å². The fourth-order valence-corrected chi connectivity index (χ4v) is 6.02. The van der Waals surface area contributed by atoms with Crippen molar-refractivity contribution in [3.8, 4) is 0 Å². The summed E-state index contributed by atoms with van der Waals surface area (Å²) in [7, 11) is 0. The van der Waals surface area contributed by atoms with Gasteiger partial charge in [-0.3, -0.25) is 0 Å². The van der Waals surface area contributed by atoms with Crippen LogP contribution in [-0.4, -0.2) is 9.38 Å². The van der Waals surface area contributed by atoms with Gasteiger partial charge in [-0.15, -0.1) is 0 Å². The molecule has 3 heterocycles. The van der Waals surface area contributed by atoms with Gasteiger partial charge in [-0.05, 0) is 42.7 Å². The fourth-order valence-electron chi connectivity index (χ4n) is 6.02. The third kappa shape index (κ3) is 2.23. The molecule has 3 nitrogen and oxygen atoms in total. The van der Waals surface area contributed by atoms with Gasteiger partial charge in [0.2, 0.25) is 5.82 Å². The van der Waals surface area contributed by atoms with E-state index in [9.17, 15) is 4.39 Å². The average molecular weight is 417 g/mol. The summed E-state index contributed by atoms with van der Waals surface area (Å²) < 4.78 is 19.8. The number of hydrogen-bond donors (Lipinski definition) is 0. The Bertz CT molecular complexity index is 1390. The van der Waals surface area contributed by atoms with E-state index in [1.54, 1.807) is 12.1 Å². The van der Waals surface area contributed by atoms with Crippen LogP contribution in [0, 0.1) is 5.82 Å². The van der Waals surface area contributed by atoms with Crippen molar-refractivity contribution in [1.29, 1.82) is 0 Å². The van der Waals surface area contributed by atoms with Crippen molar-refractivity contribution >= 4 is 27.6 Å². The third-order valence-corrected chi connectivity index (χ3v) is 7.73. The lowest BCUT2D eigenvalue weighted by atomic mass is 9.61. The van der Waals surface area contributed by atoms with Gasteiger partial charge in [0.25, 0.3) is 5.65 Å². The third-order valence-electron chi connectivity index (χ3n) is 7.73. The number of rotatable bonds is 3. The average Bonchev–Trinajstić information content (AvgIpc) is 3.08. The Morgan fingerprint density at radius 1 is 1.16 bits per heavy atom. The summed E-state index contributed by atoms with van der Waals surface area (Å²) in [4.78, 5) is 5.08. The molecule has 0 N–H and O–H groups in total. The van der Waals surface area contributed by atoms with Crippen molar-refractivity contribution in [2.45, 2.75) is 70.8 Å². The first kappa shape index (κ1) is 20.2. The summed E-state index contributed by atoms with van der Waals surface area (Å²) in [6.07, 6.45) is 3.82. The van der Waals surface area contributed by atoms with E-state index < -0.39 is 0 Å². The van der Waals surface area contributed by atoms with Gasteiger partial charge in [-0.25, -0.2) is 13.9 Å². The molecule has 0 radical (unpaired) electrons. The van der Waals surface area contributed by atoms with Crippen LogP contribution in [0.4, 0.5) is 4.39 Å². The maximum absolute atomic E-state index is 15.0. The van der Waals surface area contributed by atoms with Crippen molar-refractivity contribution < 1.29 is 8.96 Å².